The summed E-state index contributed by atoms with van der Waals surface area (Å²) in [5.41, 5.74) is 1.96. The summed E-state index contributed by atoms with van der Waals surface area (Å²) in [7, 11) is 0. The number of aliphatic hydroxyl groups excluding tert-OH is 1. The monoisotopic (exact) mass is 313 g/mol. The van der Waals surface area contributed by atoms with Crippen molar-refractivity contribution in [2.75, 3.05) is 6.61 Å². The second kappa shape index (κ2) is 8.05. The first-order valence-corrected chi connectivity index (χ1v) is 7.17. The van der Waals surface area contributed by atoms with E-state index in [2.05, 4.69) is 16.9 Å². The number of rotatable bonds is 7. The van der Waals surface area contributed by atoms with Gasteiger partial charge in [-0.3, -0.25) is 4.79 Å². The molecule has 2 aromatic rings. The van der Waals surface area contributed by atoms with Gasteiger partial charge in [-0.25, -0.2) is 4.68 Å². The zero-order valence-electron chi connectivity index (χ0n) is 12.9. The van der Waals surface area contributed by atoms with Crippen molar-refractivity contribution >= 4 is 5.97 Å². The maximum atomic E-state index is 10.9. The fraction of sp³-hybridized carbons (Fsp3) is 0.235. The molecule has 0 radical (unpaired) electrons. The molecule has 1 N–H and O–H groups in total. The Bertz CT molecular complexity index is 692. The van der Waals surface area contributed by atoms with E-state index in [1.54, 1.807) is 17.0 Å². The quantitative estimate of drug-likeness (QED) is 0.625. The van der Waals surface area contributed by atoms with E-state index in [1.165, 1.54) is 13.0 Å². The van der Waals surface area contributed by atoms with E-state index in [1.807, 2.05) is 30.3 Å². The van der Waals surface area contributed by atoms with Gasteiger partial charge in [-0.05, 0) is 5.56 Å². The standard InChI is InChI=1S/C17H19N3O3/c1-3-7-15(12-23-13(2)21)17(22)16-11-20(19-18-16)10-14-8-5-4-6-9-14/h3-9,11,17,22H,1,10,12H2,2H3/b15-7+/t17-/m0/s1. The Hall–Kier alpha value is -2.73. The van der Waals surface area contributed by atoms with Gasteiger partial charge in [0.1, 0.15) is 18.4 Å². The third kappa shape index (κ3) is 4.89. The second-order valence-electron chi connectivity index (χ2n) is 4.99. The SMILES string of the molecule is C=C/C=C(\COC(C)=O)[C@H](O)c1cn(Cc2ccccc2)nn1. The summed E-state index contributed by atoms with van der Waals surface area (Å²) in [6, 6.07) is 9.82. The summed E-state index contributed by atoms with van der Waals surface area (Å²) in [6.45, 7) is 5.45. The number of aromatic nitrogens is 3. The number of hydrogen-bond acceptors (Lipinski definition) is 5. The molecule has 0 saturated carbocycles. The molecule has 0 aliphatic rings. The van der Waals surface area contributed by atoms with Gasteiger partial charge in [-0.1, -0.05) is 54.3 Å². The van der Waals surface area contributed by atoms with E-state index < -0.39 is 12.1 Å². The van der Waals surface area contributed by atoms with Crippen molar-refractivity contribution in [3.8, 4) is 0 Å². The lowest BCUT2D eigenvalue weighted by Gasteiger charge is -2.12. The number of hydrogen-bond donors (Lipinski definition) is 1. The molecule has 0 aliphatic carbocycles. The van der Waals surface area contributed by atoms with Crippen molar-refractivity contribution in [2.45, 2.75) is 19.6 Å². The van der Waals surface area contributed by atoms with Gasteiger partial charge in [0, 0.05) is 12.5 Å². The Morgan fingerprint density at radius 2 is 2.17 bits per heavy atom. The third-order valence-electron chi connectivity index (χ3n) is 3.15. The number of nitrogens with zero attached hydrogens (tertiary/aromatic N) is 3. The topological polar surface area (TPSA) is 77.2 Å². The summed E-state index contributed by atoms with van der Waals surface area (Å²) in [6.07, 6.45) is 3.79. The first-order chi connectivity index (χ1) is 11.1. The predicted octanol–water partition coefficient (Wildman–Crippen LogP) is 2.04. The minimum Gasteiger partial charge on any atom is -0.461 e. The summed E-state index contributed by atoms with van der Waals surface area (Å²) in [5, 5.41) is 18.4. The first kappa shape index (κ1) is 16.6. The maximum absolute atomic E-state index is 10.9. The fourth-order valence-corrected chi connectivity index (χ4v) is 2.03. The van der Waals surface area contributed by atoms with Gasteiger partial charge in [0.2, 0.25) is 0 Å². The number of benzene rings is 1. The van der Waals surface area contributed by atoms with Crippen LogP contribution in [-0.4, -0.2) is 32.7 Å². The predicted molar refractivity (Wildman–Crippen MR) is 85.4 cm³/mol. The Morgan fingerprint density at radius 3 is 2.83 bits per heavy atom. The molecule has 0 amide bonds. The van der Waals surface area contributed by atoms with Crippen LogP contribution < -0.4 is 0 Å². The van der Waals surface area contributed by atoms with Gasteiger partial charge in [-0.2, -0.15) is 0 Å². The highest BCUT2D eigenvalue weighted by atomic mass is 16.5. The molecule has 0 fully saturated rings. The van der Waals surface area contributed by atoms with Crippen molar-refractivity contribution in [2.24, 2.45) is 0 Å². The number of carbonyl (C=O) groups is 1. The lowest BCUT2D eigenvalue weighted by molar-refractivity contribution is -0.140. The first-order valence-electron chi connectivity index (χ1n) is 7.17. The summed E-state index contributed by atoms with van der Waals surface area (Å²) in [4.78, 5) is 10.9. The van der Waals surface area contributed by atoms with Crippen LogP contribution in [0.25, 0.3) is 0 Å². The lowest BCUT2D eigenvalue weighted by atomic mass is 10.1. The van der Waals surface area contributed by atoms with Crippen molar-refractivity contribution in [3.05, 3.63) is 72.1 Å². The van der Waals surface area contributed by atoms with E-state index in [4.69, 9.17) is 4.74 Å². The van der Waals surface area contributed by atoms with E-state index in [-0.39, 0.29) is 6.61 Å². The second-order valence-corrected chi connectivity index (χ2v) is 4.99. The Balaban J connectivity index is 2.09. The average Bonchev–Trinajstić information content (AvgIpc) is 3.00. The molecule has 2 rings (SSSR count). The lowest BCUT2D eigenvalue weighted by Crippen LogP contribution is -2.11. The van der Waals surface area contributed by atoms with E-state index in [0.29, 0.717) is 17.8 Å². The molecule has 0 saturated heterocycles. The van der Waals surface area contributed by atoms with E-state index in [0.717, 1.165) is 5.56 Å². The highest BCUT2D eigenvalue weighted by molar-refractivity contribution is 5.66. The third-order valence-corrected chi connectivity index (χ3v) is 3.15. The van der Waals surface area contributed by atoms with E-state index in [9.17, 15) is 9.90 Å². The van der Waals surface area contributed by atoms with Crippen LogP contribution in [0.5, 0.6) is 0 Å². The zero-order chi connectivity index (χ0) is 16.7. The van der Waals surface area contributed by atoms with Gasteiger partial charge in [0.05, 0.1) is 12.7 Å². The number of carbonyl (C=O) groups excluding carboxylic acids is 1. The normalized spacial score (nSPS) is 12.7. The van der Waals surface area contributed by atoms with Crippen LogP contribution in [0.2, 0.25) is 0 Å². The van der Waals surface area contributed by atoms with Gasteiger partial charge in [0.25, 0.3) is 0 Å². The van der Waals surface area contributed by atoms with Crippen LogP contribution >= 0.6 is 0 Å². The molecule has 1 aromatic heterocycles. The molecular weight excluding hydrogens is 294 g/mol. The van der Waals surface area contributed by atoms with Crippen LogP contribution in [-0.2, 0) is 16.1 Å². The van der Waals surface area contributed by atoms with Gasteiger partial charge in [0.15, 0.2) is 0 Å². The van der Waals surface area contributed by atoms with Crippen LogP contribution in [0.4, 0.5) is 0 Å². The molecular formula is C17H19N3O3. The Labute approximate surface area is 134 Å². The molecule has 0 unspecified atom stereocenters. The fourth-order valence-electron chi connectivity index (χ4n) is 2.03. The van der Waals surface area contributed by atoms with Crippen LogP contribution in [0.3, 0.4) is 0 Å². The van der Waals surface area contributed by atoms with Crippen molar-refractivity contribution < 1.29 is 14.6 Å². The van der Waals surface area contributed by atoms with Crippen molar-refractivity contribution in [1.82, 2.24) is 15.0 Å². The van der Waals surface area contributed by atoms with Crippen LogP contribution in [0.1, 0.15) is 24.3 Å². The molecule has 1 aromatic carbocycles. The average molecular weight is 313 g/mol. The Morgan fingerprint density at radius 1 is 1.43 bits per heavy atom. The number of ether oxygens (including phenoxy) is 1. The maximum Gasteiger partial charge on any atom is 0.302 e. The number of allylic oxidation sites excluding steroid dienone is 2. The molecule has 0 bridgehead atoms. The van der Waals surface area contributed by atoms with Crippen molar-refractivity contribution in [1.29, 1.82) is 0 Å². The minimum atomic E-state index is -1.00. The zero-order valence-corrected chi connectivity index (χ0v) is 12.9. The smallest absolute Gasteiger partial charge is 0.302 e. The van der Waals surface area contributed by atoms with Crippen LogP contribution in [0, 0.1) is 0 Å². The highest BCUT2D eigenvalue weighted by Crippen LogP contribution is 2.20. The van der Waals surface area contributed by atoms with Gasteiger partial charge >= 0.3 is 5.97 Å². The molecule has 120 valence electrons. The van der Waals surface area contributed by atoms with Crippen LogP contribution in [0.15, 0.2) is 60.8 Å². The molecule has 0 spiro atoms. The summed E-state index contributed by atoms with van der Waals surface area (Å²) in [5.74, 6) is -0.417. The molecule has 0 aliphatic heterocycles. The molecule has 6 heteroatoms. The minimum absolute atomic E-state index is 0.0198. The molecule has 1 atom stereocenters. The van der Waals surface area contributed by atoms with Crippen molar-refractivity contribution in [3.63, 3.8) is 0 Å². The van der Waals surface area contributed by atoms with Gasteiger partial charge in [-0.15, -0.1) is 5.10 Å². The number of aliphatic hydroxyl groups is 1. The molecule has 23 heavy (non-hydrogen) atoms. The van der Waals surface area contributed by atoms with E-state index >= 15 is 0 Å². The largest absolute Gasteiger partial charge is 0.461 e. The molecule has 6 nitrogen and oxygen atoms in total. The van der Waals surface area contributed by atoms with Gasteiger partial charge < -0.3 is 9.84 Å². The highest BCUT2D eigenvalue weighted by Gasteiger charge is 2.18. The summed E-state index contributed by atoms with van der Waals surface area (Å²) >= 11 is 0. The number of esters is 1. The molecule has 1 heterocycles. The Kier molecular flexibility index (Phi) is 5.82. The summed E-state index contributed by atoms with van der Waals surface area (Å²) < 4.78 is 6.58.